The molecule has 6 rings (SSSR count). The van der Waals surface area contributed by atoms with E-state index in [1.807, 2.05) is 58.9 Å². The van der Waals surface area contributed by atoms with Crippen molar-refractivity contribution in [2.24, 2.45) is 0 Å². The van der Waals surface area contributed by atoms with Crippen molar-refractivity contribution >= 4 is 11.6 Å². The highest BCUT2D eigenvalue weighted by atomic mass is 16.5. The molecule has 4 aromatic carbocycles. The lowest BCUT2D eigenvalue weighted by Crippen LogP contribution is -2.30. The maximum absolute atomic E-state index is 14.3. The lowest BCUT2D eigenvalue weighted by molar-refractivity contribution is 0.101. The number of fused-ring (bicyclic) bond motifs is 4. The highest BCUT2D eigenvalue weighted by molar-refractivity contribution is 6.18. The zero-order valence-corrected chi connectivity index (χ0v) is 31.3. The fourth-order valence-corrected chi connectivity index (χ4v) is 7.55. The molecule has 0 fully saturated rings. The van der Waals surface area contributed by atoms with E-state index in [2.05, 4.69) is 19.9 Å². The summed E-state index contributed by atoms with van der Waals surface area (Å²) < 4.78 is 12.2. The molecule has 0 saturated heterocycles. The van der Waals surface area contributed by atoms with Gasteiger partial charge < -0.3 is 29.9 Å². The second kappa shape index (κ2) is 14.7. The predicted octanol–water partition coefficient (Wildman–Crippen LogP) is 9.60. The highest BCUT2D eigenvalue weighted by Gasteiger charge is 2.46. The van der Waals surface area contributed by atoms with Crippen molar-refractivity contribution in [1.82, 2.24) is 0 Å². The molecular weight excluding hydrogens is 668 g/mol. The zero-order valence-electron chi connectivity index (χ0n) is 31.3. The quantitative estimate of drug-likeness (QED) is 0.119. The van der Waals surface area contributed by atoms with Gasteiger partial charge in [-0.15, -0.1) is 0 Å². The number of carbonyl (C=O) groups excluding carboxylic acids is 2. The van der Waals surface area contributed by atoms with Crippen molar-refractivity contribution < 1.29 is 39.5 Å². The fourth-order valence-electron chi connectivity index (χ4n) is 7.55. The highest BCUT2D eigenvalue weighted by Crippen LogP contribution is 2.57. The molecule has 0 heterocycles. The Morgan fingerprint density at radius 3 is 1.34 bits per heavy atom. The van der Waals surface area contributed by atoms with Crippen LogP contribution in [0.25, 0.3) is 0 Å². The number of ether oxygens (including phenoxy) is 2. The van der Waals surface area contributed by atoms with Crippen LogP contribution in [-0.2, 0) is 0 Å². The van der Waals surface area contributed by atoms with Crippen LogP contribution < -0.4 is 9.47 Å². The molecular formula is C45H46O8. The Bertz CT molecular complexity index is 2250. The minimum atomic E-state index is -0.807. The molecule has 8 nitrogen and oxygen atoms in total. The number of benzene rings is 4. The summed E-state index contributed by atoms with van der Waals surface area (Å²) in [5, 5.41) is 45.6. The zero-order chi connectivity index (χ0) is 38.3. The van der Waals surface area contributed by atoms with Gasteiger partial charge in [0, 0.05) is 24.0 Å². The average molecular weight is 715 g/mol. The van der Waals surface area contributed by atoms with Crippen LogP contribution >= 0.6 is 0 Å². The van der Waals surface area contributed by atoms with Crippen molar-refractivity contribution in [2.75, 3.05) is 13.2 Å². The van der Waals surface area contributed by atoms with Crippen molar-refractivity contribution in [2.45, 2.75) is 73.1 Å². The Morgan fingerprint density at radius 1 is 0.547 bits per heavy atom. The number of carbonyl (C=O) groups is 2. The summed E-state index contributed by atoms with van der Waals surface area (Å²) in [7, 11) is 0. The molecule has 0 unspecified atom stereocenters. The van der Waals surface area contributed by atoms with E-state index in [4.69, 9.17) is 9.47 Å². The van der Waals surface area contributed by atoms with Gasteiger partial charge in [0.25, 0.3) is 0 Å². The Hall–Kier alpha value is -5.76. The van der Waals surface area contributed by atoms with Gasteiger partial charge in [-0.05, 0) is 131 Å². The molecule has 2 atom stereocenters. The molecule has 8 heteroatoms. The van der Waals surface area contributed by atoms with E-state index in [0.29, 0.717) is 44.9 Å². The molecule has 0 radical (unpaired) electrons. The molecule has 0 aromatic heterocycles. The first-order chi connectivity index (χ1) is 25.2. The molecule has 0 aliphatic heterocycles. The SMILES string of the molecule is CC(C)=CCCC(C)=CCOc1cc(O)c2c(c1)[C@@H]([C@@H]1c3cc(C)cc(O)c3C(=O)c3c(O)cc(OCC=C(C)C)cc31)c1cc(C)cc(O)c1C2=O. The van der Waals surface area contributed by atoms with E-state index in [-0.39, 0.29) is 58.5 Å². The minimum absolute atomic E-state index is 0.000455. The predicted molar refractivity (Wildman–Crippen MR) is 205 cm³/mol. The Kier molecular flexibility index (Phi) is 10.3. The van der Waals surface area contributed by atoms with Crippen LogP contribution in [0.3, 0.4) is 0 Å². The van der Waals surface area contributed by atoms with Crippen molar-refractivity contribution in [3.8, 4) is 34.5 Å². The van der Waals surface area contributed by atoms with Crippen LogP contribution in [0.4, 0.5) is 0 Å². The van der Waals surface area contributed by atoms with Gasteiger partial charge in [0.05, 0.1) is 22.3 Å². The number of rotatable bonds is 10. The number of aryl methyl sites for hydroxylation is 2. The molecule has 0 bridgehead atoms. The second-order valence-corrected chi connectivity index (χ2v) is 14.7. The van der Waals surface area contributed by atoms with E-state index < -0.39 is 23.4 Å². The first-order valence-electron chi connectivity index (χ1n) is 17.8. The average Bonchev–Trinajstić information content (AvgIpc) is 3.04. The molecule has 2 aliphatic rings. The summed E-state index contributed by atoms with van der Waals surface area (Å²) in [6, 6.07) is 12.9. The Morgan fingerprint density at radius 2 is 0.925 bits per heavy atom. The van der Waals surface area contributed by atoms with E-state index in [1.54, 1.807) is 12.1 Å². The molecule has 4 aromatic rings. The van der Waals surface area contributed by atoms with E-state index in [1.165, 1.54) is 29.8 Å². The van der Waals surface area contributed by atoms with Crippen molar-refractivity contribution in [1.29, 1.82) is 0 Å². The number of ketones is 2. The number of phenolic OH excluding ortho intramolecular Hbond substituents is 4. The van der Waals surface area contributed by atoms with Crippen molar-refractivity contribution in [3.05, 3.63) is 139 Å². The first-order valence-corrected chi connectivity index (χ1v) is 17.8. The summed E-state index contributed by atoms with van der Waals surface area (Å²) in [4.78, 5) is 28.5. The van der Waals surface area contributed by atoms with Crippen LogP contribution in [0.15, 0.2) is 83.5 Å². The van der Waals surface area contributed by atoms with Crippen LogP contribution in [-0.4, -0.2) is 45.2 Å². The number of phenols is 4. The maximum atomic E-state index is 14.3. The lowest BCUT2D eigenvalue weighted by Gasteiger charge is -2.39. The normalized spacial score (nSPS) is 15.9. The molecule has 0 saturated carbocycles. The summed E-state index contributed by atoms with van der Waals surface area (Å²) in [6.07, 6.45) is 7.85. The third-order valence-corrected chi connectivity index (χ3v) is 9.92. The summed E-state index contributed by atoms with van der Waals surface area (Å²) in [5.41, 5.74) is 6.66. The van der Waals surface area contributed by atoms with Gasteiger partial charge in [-0.3, -0.25) is 9.59 Å². The van der Waals surface area contributed by atoms with Gasteiger partial charge in [0.2, 0.25) is 11.6 Å². The minimum Gasteiger partial charge on any atom is -0.507 e. The smallest absolute Gasteiger partial charge is 0.201 e. The molecule has 274 valence electrons. The van der Waals surface area contributed by atoms with Crippen molar-refractivity contribution in [3.63, 3.8) is 0 Å². The standard InChI is InChI=1S/C45H46O8/c1-23(2)9-8-10-25(5)12-14-53-29-20-33-39(31-16-27(7)18-35(47)41(31)45(51)43(33)37(49)22-29)38-30-15-26(6)17-34(46)40(30)44(50)42-32(38)19-28(21-36(42)48)52-13-11-24(3)4/h9,11-12,15-22,38-39,46-49H,8,10,13-14H2,1-7H3/t38-,39+/m1/s1. The van der Waals surface area contributed by atoms with Gasteiger partial charge >= 0.3 is 0 Å². The molecule has 53 heavy (non-hydrogen) atoms. The van der Waals surface area contributed by atoms with E-state index >= 15 is 0 Å². The lowest BCUT2D eigenvalue weighted by atomic mass is 9.63. The molecule has 0 amide bonds. The summed E-state index contributed by atoms with van der Waals surface area (Å²) in [5.74, 6) is -3.18. The van der Waals surface area contributed by atoms with Gasteiger partial charge in [0.1, 0.15) is 47.7 Å². The number of hydrogen-bond donors (Lipinski definition) is 4. The Balaban J connectivity index is 1.58. The van der Waals surface area contributed by atoms with Gasteiger partial charge in [-0.25, -0.2) is 0 Å². The maximum Gasteiger partial charge on any atom is 0.201 e. The van der Waals surface area contributed by atoms with Crippen LogP contribution in [0.5, 0.6) is 34.5 Å². The molecule has 2 aliphatic carbocycles. The summed E-state index contributed by atoms with van der Waals surface area (Å²) >= 11 is 0. The first kappa shape index (κ1) is 37.0. The number of allylic oxidation sites excluding steroid dienone is 4. The van der Waals surface area contributed by atoms with Gasteiger partial charge in [0.15, 0.2) is 0 Å². The van der Waals surface area contributed by atoms with Crippen LogP contribution in [0.2, 0.25) is 0 Å². The number of hydrogen-bond acceptors (Lipinski definition) is 8. The largest absolute Gasteiger partial charge is 0.507 e. The summed E-state index contributed by atoms with van der Waals surface area (Å²) in [6.45, 7) is 14.1. The van der Waals surface area contributed by atoms with Gasteiger partial charge in [-0.1, -0.05) is 34.9 Å². The third-order valence-electron chi connectivity index (χ3n) is 9.92. The molecule has 0 spiro atoms. The topological polar surface area (TPSA) is 134 Å². The van der Waals surface area contributed by atoms with E-state index in [9.17, 15) is 30.0 Å². The van der Waals surface area contributed by atoms with Gasteiger partial charge in [-0.2, -0.15) is 0 Å². The number of aromatic hydroxyl groups is 4. The monoisotopic (exact) mass is 714 g/mol. The van der Waals surface area contributed by atoms with Crippen LogP contribution in [0.1, 0.15) is 125 Å². The second-order valence-electron chi connectivity index (χ2n) is 14.7. The molecule has 4 N–H and O–H groups in total. The fraction of sp³-hybridized carbons (Fsp3) is 0.289. The third kappa shape index (κ3) is 7.18. The van der Waals surface area contributed by atoms with Crippen LogP contribution in [0, 0.1) is 13.8 Å². The Labute approximate surface area is 310 Å². The van der Waals surface area contributed by atoms with E-state index in [0.717, 1.165) is 24.0 Å².